The maximum Gasteiger partial charge on any atom is 0.321 e. The lowest BCUT2D eigenvalue weighted by Gasteiger charge is -2.35. The average molecular weight is 403 g/mol. The van der Waals surface area contributed by atoms with Gasteiger partial charge in [0.1, 0.15) is 0 Å². The molecule has 8 nitrogen and oxygen atoms in total. The Morgan fingerprint density at radius 2 is 1.66 bits per heavy atom. The predicted molar refractivity (Wildman–Crippen MR) is 107 cm³/mol. The van der Waals surface area contributed by atoms with Crippen LogP contribution < -0.4 is 5.32 Å². The number of morpholine rings is 1. The van der Waals surface area contributed by atoms with Gasteiger partial charge in [-0.25, -0.2) is 4.79 Å². The van der Waals surface area contributed by atoms with E-state index in [0.717, 1.165) is 5.69 Å². The third-order valence-electron chi connectivity index (χ3n) is 5.25. The van der Waals surface area contributed by atoms with Gasteiger partial charge in [-0.1, -0.05) is 18.2 Å². The molecule has 2 fully saturated rings. The Kier molecular flexibility index (Phi) is 7.09. The Bertz CT molecular complexity index is 708. The van der Waals surface area contributed by atoms with Crippen LogP contribution in [0.3, 0.4) is 0 Å². The number of carbonyl (C=O) groups excluding carboxylic acids is 3. The summed E-state index contributed by atoms with van der Waals surface area (Å²) in [4.78, 5) is 40.4. The lowest BCUT2D eigenvalue weighted by molar-refractivity contribution is -0.160. The Hall–Kier alpha value is -2.61. The molecule has 0 radical (unpaired) electrons. The molecule has 29 heavy (non-hydrogen) atoms. The number of urea groups is 1. The third-order valence-corrected chi connectivity index (χ3v) is 5.25. The first kappa shape index (κ1) is 21.1. The number of likely N-dealkylation sites (tertiary alicyclic amines) is 1. The van der Waals surface area contributed by atoms with Gasteiger partial charge in [-0.3, -0.25) is 9.59 Å². The van der Waals surface area contributed by atoms with Crippen molar-refractivity contribution in [1.29, 1.82) is 0 Å². The summed E-state index contributed by atoms with van der Waals surface area (Å²) in [6, 6.07) is 9.09. The highest BCUT2D eigenvalue weighted by Crippen LogP contribution is 2.20. The summed E-state index contributed by atoms with van der Waals surface area (Å²) in [6.07, 6.45) is 1.01. The van der Waals surface area contributed by atoms with Gasteiger partial charge in [-0.15, -0.1) is 0 Å². The van der Waals surface area contributed by atoms with E-state index in [9.17, 15) is 14.4 Å². The smallest absolute Gasteiger partial charge is 0.321 e. The van der Waals surface area contributed by atoms with Gasteiger partial charge in [0.05, 0.1) is 18.1 Å². The van der Waals surface area contributed by atoms with Crippen molar-refractivity contribution in [2.45, 2.75) is 38.9 Å². The molecule has 1 aromatic rings. The van der Waals surface area contributed by atoms with Gasteiger partial charge in [0.15, 0.2) is 6.61 Å². The van der Waals surface area contributed by atoms with Crippen molar-refractivity contribution in [2.24, 2.45) is 5.92 Å². The fourth-order valence-corrected chi connectivity index (χ4v) is 3.77. The number of carbonyl (C=O) groups is 3. The second-order valence-electron chi connectivity index (χ2n) is 7.72. The van der Waals surface area contributed by atoms with Crippen molar-refractivity contribution in [3.63, 3.8) is 0 Å². The lowest BCUT2D eigenvalue weighted by atomic mass is 9.97. The summed E-state index contributed by atoms with van der Waals surface area (Å²) in [5.74, 6) is -0.845. The molecule has 0 aromatic heterocycles. The van der Waals surface area contributed by atoms with Crippen molar-refractivity contribution in [3.05, 3.63) is 30.3 Å². The van der Waals surface area contributed by atoms with Crippen LogP contribution in [0.4, 0.5) is 10.5 Å². The summed E-state index contributed by atoms with van der Waals surface area (Å²) in [7, 11) is 0. The van der Waals surface area contributed by atoms with E-state index in [0.29, 0.717) is 39.0 Å². The van der Waals surface area contributed by atoms with Crippen LogP contribution in [0.1, 0.15) is 26.7 Å². The van der Waals surface area contributed by atoms with Gasteiger partial charge in [-0.2, -0.15) is 0 Å². The van der Waals surface area contributed by atoms with E-state index in [2.05, 4.69) is 5.32 Å². The normalized spacial score (nSPS) is 22.8. The first-order valence-electron chi connectivity index (χ1n) is 10.1. The fraction of sp³-hybridized carbons (Fsp3) is 0.571. The molecule has 0 saturated carbocycles. The van der Waals surface area contributed by atoms with Crippen molar-refractivity contribution in [3.8, 4) is 0 Å². The second kappa shape index (κ2) is 9.73. The SMILES string of the molecule is C[C@@H]1CN(C(=O)COC(=O)C2CCN(C(=O)Nc3ccccc3)CC2)C[C@H](C)O1. The standard InChI is InChI=1S/C21H29N3O5/c1-15-12-24(13-16(2)29-15)19(25)14-28-20(26)17-8-10-23(11-9-17)21(27)22-18-6-4-3-5-7-18/h3-7,15-17H,8-14H2,1-2H3,(H,22,27)/t15-,16+. The Labute approximate surface area is 171 Å². The molecular formula is C21H29N3O5. The summed E-state index contributed by atoms with van der Waals surface area (Å²) >= 11 is 0. The number of para-hydroxylation sites is 1. The molecule has 8 heteroatoms. The second-order valence-corrected chi connectivity index (χ2v) is 7.72. The molecule has 2 aliphatic heterocycles. The monoisotopic (exact) mass is 403 g/mol. The average Bonchev–Trinajstić information content (AvgIpc) is 2.72. The highest BCUT2D eigenvalue weighted by molar-refractivity contribution is 5.89. The molecule has 158 valence electrons. The number of nitrogens with one attached hydrogen (secondary N) is 1. The number of anilines is 1. The van der Waals surface area contributed by atoms with Crippen molar-refractivity contribution in [2.75, 3.05) is 38.1 Å². The fourth-order valence-electron chi connectivity index (χ4n) is 3.77. The highest BCUT2D eigenvalue weighted by Gasteiger charge is 2.30. The quantitative estimate of drug-likeness (QED) is 0.778. The number of ether oxygens (including phenoxy) is 2. The number of amides is 3. The topological polar surface area (TPSA) is 88.2 Å². The molecule has 1 aromatic carbocycles. The van der Waals surface area contributed by atoms with Crippen molar-refractivity contribution in [1.82, 2.24) is 9.80 Å². The molecule has 3 amide bonds. The van der Waals surface area contributed by atoms with Gasteiger partial charge < -0.3 is 24.6 Å². The number of esters is 1. The molecule has 3 rings (SSSR count). The first-order valence-corrected chi connectivity index (χ1v) is 10.1. The zero-order valence-corrected chi connectivity index (χ0v) is 17.0. The zero-order valence-electron chi connectivity index (χ0n) is 17.0. The van der Waals surface area contributed by atoms with Gasteiger partial charge in [0, 0.05) is 31.9 Å². The molecule has 0 spiro atoms. The van der Waals surface area contributed by atoms with Gasteiger partial charge >= 0.3 is 12.0 Å². The Morgan fingerprint density at radius 3 is 2.28 bits per heavy atom. The van der Waals surface area contributed by atoms with Crippen LogP contribution in [0.25, 0.3) is 0 Å². The van der Waals surface area contributed by atoms with E-state index >= 15 is 0 Å². The summed E-state index contributed by atoms with van der Waals surface area (Å²) in [5, 5.41) is 2.85. The molecule has 2 atom stereocenters. The third kappa shape index (κ3) is 5.93. The van der Waals surface area contributed by atoms with Crippen LogP contribution in [-0.2, 0) is 19.1 Å². The maximum atomic E-state index is 12.3. The largest absolute Gasteiger partial charge is 0.455 e. The number of nitrogens with zero attached hydrogens (tertiary/aromatic N) is 2. The number of benzene rings is 1. The number of hydrogen-bond acceptors (Lipinski definition) is 5. The summed E-state index contributed by atoms with van der Waals surface area (Å²) in [6.45, 7) is 5.57. The van der Waals surface area contributed by atoms with E-state index in [-0.39, 0.29) is 42.6 Å². The number of piperidine rings is 1. The van der Waals surface area contributed by atoms with Crippen LogP contribution in [0.2, 0.25) is 0 Å². The summed E-state index contributed by atoms with van der Waals surface area (Å²) < 4.78 is 10.9. The van der Waals surface area contributed by atoms with E-state index in [1.54, 1.807) is 9.80 Å². The molecule has 0 bridgehead atoms. The van der Waals surface area contributed by atoms with E-state index in [1.165, 1.54) is 0 Å². The van der Waals surface area contributed by atoms with Crippen LogP contribution in [0, 0.1) is 5.92 Å². The number of rotatable bonds is 4. The Balaban J connectivity index is 1.39. The van der Waals surface area contributed by atoms with E-state index < -0.39 is 0 Å². The van der Waals surface area contributed by atoms with Gasteiger partial charge in [0.2, 0.25) is 0 Å². The lowest BCUT2D eigenvalue weighted by Crippen LogP contribution is -2.49. The van der Waals surface area contributed by atoms with E-state index in [4.69, 9.17) is 9.47 Å². The molecule has 0 aliphatic carbocycles. The van der Waals surface area contributed by atoms with Crippen LogP contribution in [0.15, 0.2) is 30.3 Å². The summed E-state index contributed by atoms with van der Waals surface area (Å²) in [5.41, 5.74) is 0.740. The maximum absolute atomic E-state index is 12.3. The van der Waals surface area contributed by atoms with E-state index in [1.807, 2.05) is 44.2 Å². The zero-order chi connectivity index (χ0) is 20.8. The molecular weight excluding hydrogens is 374 g/mol. The number of hydrogen-bond donors (Lipinski definition) is 1. The highest BCUT2D eigenvalue weighted by atomic mass is 16.5. The molecule has 2 aliphatic rings. The molecule has 2 saturated heterocycles. The first-order chi connectivity index (χ1) is 13.9. The minimum Gasteiger partial charge on any atom is -0.455 e. The van der Waals surface area contributed by atoms with Gasteiger partial charge in [0.25, 0.3) is 5.91 Å². The van der Waals surface area contributed by atoms with Crippen molar-refractivity contribution < 1.29 is 23.9 Å². The minimum atomic E-state index is -0.365. The molecule has 2 heterocycles. The van der Waals surface area contributed by atoms with Crippen molar-refractivity contribution >= 4 is 23.6 Å². The predicted octanol–water partition coefficient (Wildman–Crippen LogP) is 2.11. The van der Waals surface area contributed by atoms with Crippen LogP contribution in [0.5, 0.6) is 0 Å². The van der Waals surface area contributed by atoms with Gasteiger partial charge in [-0.05, 0) is 38.8 Å². The Morgan fingerprint density at radius 1 is 1.03 bits per heavy atom. The molecule has 1 N–H and O–H groups in total. The van der Waals surface area contributed by atoms with Crippen LogP contribution in [-0.4, -0.2) is 72.7 Å². The van der Waals surface area contributed by atoms with Crippen LogP contribution >= 0.6 is 0 Å². The molecule has 0 unspecified atom stereocenters. The minimum absolute atomic E-state index is 0.0234.